The minimum absolute atomic E-state index is 0.171. The number of aliphatic hydroxyl groups is 1. The van der Waals surface area contributed by atoms with Crippen LogP contribution in [0.2, 0.25) is 0 Å². The van der Waals surface area contributed by atoms with E-state index in [4.69, 9.17) is 15.0 Å². The van der Waals surface area contributed by atoms with Crippen LogP contribution in [0.25, 0.3) is 22.6 Å². The Balaban J connectivity index is 1.47. The van der Waals surface area contributed by atoms with Crippen molar-refractivity contribution in [3.8, 4) is 11.4 Å². The molecule has 8 heteroatoms. The molecule has 1 aliphatic carbocycles. The van der Waals surface area contributed by atoms with Crippen molar-refractivity contribution in [3.63, 3.8) is 0 Å². The summed E-state index contributed by atoms with van der Waals surface area (Å²) in [6, 6.07) is 10.4. The van der Waals surface area contributed by atoms with E-state index < -0.39 is 0 Å². The van der Waals surface area contributed by atoms with E-state index in [2.05, 4.69) is 15.2 Å². The highest BCUT2D eigenvalue weighted by Crippen LogP contribution is 2.27. The Morgan fingerprint density at radius 1 is 1.03 bits per heavy atom. The number of anilines is 1. The molecule has 2 fully saturated rings. The quantitative estimate of drug-likeness (QED) is 0.579. The third kappa shape index (κ3) is 4.45. The highest BCUT2D eigenvalue weighted by molar-refractivity contribution is 7.99. The molecule has 30 heavy (non-hydrogen) atoms. The van der Waals surface area contributed by atoms with Crippen LogP contribution in [0.1, 0.15) is 31.5 Å². The number of rotatable bonds is 5. The van der Waals surface area contributed by atoms with Gasteiger partial charge in [-0.1, -0.05) is 30.3 Å². The zero-order valence-corrected chi connectivity index (χ0v) is 17.9. The Labute approximate surface area is 180 Å². The maximum atomic E-state index is 9.84. The summed E-state index contributed by atoms with van der Waals surface area (Å²) in [5, 5.41) is 13.5. The molecule has 2 aliphatic rings. The molecule has 1 aliphatic heterocycles. The van der Waals surface area contributed by atoms with Crippen LogP contribution in [-0.2, 0) is 6.54 Å². The van der Waals surface area contributed by atoms with E-state index in [9.17, 15) is 5.11 Å². The van der Waals surface area contributed by atoms with Gasteiger partial charge in [-0.25, -0.2) is 15.0 Å². The van der Waals surface area contributed by atoms with E-state index in [1.807, 2.05) is 42.1 Å². The molecule has 7 nitrogen and oxygen atoms in total. The average molecular weight is 425 g/mol. The molecule has 0 spiro atoms. The normalized spacial score (nSPS) is 23.0. The second kappa shape index (κ2) is 8.91. The van der Waals surface area contributed by atoms with Gasteiger partial charge in [0.25, 0.3) is 0 Å². The number of fused-ring (bicyclic) bond motifs is 1. The first-order chi connectivity index (χ1) is 14.7. The van der Waals surface area contributed by atoms with Crippen LogP contribution in [0, 0.1) is 0 Å². The number of hydrogen-bond acceptors (Lipinski definition) is 7. The summed E-state index contributed by atoms with van der Waals surface area (Å²) >= 11 is 2.01. The van der Waals surface area contributed by atoms with Gasteiger partial charge in [0, 0.05) is 36.2 Å². The van der Waals surface area contributed by atoms with E-state index >= 15 is 0 Å². The van der Waals surface area contributed by atoms with Gasteiger partial charge in [0.15, 0.2) is 17.3 Å². The lowest BCUT2D eigenvalue weighted by Gasteiger charge is -2.26. The Bertz CT molecular complexity index is 980. The van der Waals surface area contributed by atoms with Crippen LogP contribution < -0.4 is 5.32 Å². The monoisotopic (exact) mass is 424 g/mol. The Kier molecular flexibility index (Phi) is 5.88. The van der Waals surface area contributed by atoms with Crippen molar-refractivity contribution in [1.29, 1.82) is 0 Å². The Morgan fingerprint density at radius 3 is 2.57 bits per heavy atom. The summed E-state index contributed by atoms with van der Waals surface area (Å²) in [6.45, 7) is 3.00. The number of aromatic amines is 1. The molecule has 3 N–H and O–H groups in total. The van der Waals surface area contributed by atoms with Crippen molar-refractivity contribution in [3.05, 3.63) is 36.2 Å². The number of hydrogen-bond donors (Lipinski definition) is 3. The van der Waals surface area contributed by atoms with Gasteiger partial charge in [-0.15, -0.1) is 0 Å². The van der Waals surface area contributed by atoms with Gasteiger partial charge >= 0.3 is 0 Å². The van der Waals surface area contributed by atoms with Gasteiger partial charge in [0.2, 0.25) is 0 Å². The van der Waals surface area contributed by atoms with E-state index in [0.29, 0.717) is 17.5 Å². The van der Waals surface area contributed by atoms with Crippen LogP contribution >= 0.6 is 11.8 Å². The molecular weight excluding hydrogens is 396 g/mol. The number of nitrogens with one attached hydrogen (secondary N) is 2. The lowest BCUT2D eigenvalue weighted by molar-refractivity contribution is 0.126. The first-order valence-electron chi connectivity index (χ1n) is 10.8. The maximum absolute atomic E-state index is 9.84. The fraction of sp³-hybridized carbons (Fsp3) is 0.500. The number of aromatic nitrogens is 4. The zero-order chi connectivity index (χ0) is 20.3. The molecule has 3 aromatic rings. The molecule has 0 atom stereocenters. The van der Waals surface area contributed by atoms with Gasteiger partial charge in [0.1, 0.15) is 11.3 Å². The molecule has 0 amide bonds. The summed E-state index contributed by atoms with van der Waals surface area (Å²) in [5.41, 5.74) is 2.57. The topological polar surface area (TPSA) is 90.0 Å². The van der Waals surface area contributed by atoms with Crippen molar-refractivity contribution in [2.24, 2.45) is 0 Å². The van der Waals surface area contributed by atoms with E-state index in [-0.39, 0.29) is 6.10 Å². The van der Waals surface area contributed by atoms with Gasteiger partial charge in [-0.2, -0.15) is 11.8 Å². The second-order valence-corrected chi connectivity index (χ2v) is 9.41. The molecule has 1 saturated carbocycles. The predicted octanol–water partition coefficient (Wildman–Crippen LogP) is 3.28. The summed E-state index contributed by atoms with van der Waals surface area (Å²) in [5.74, 6) is 4.80. The molecule has 3 heterocycles. The first kappa shape index (κ1) is 19.8. The average Bonchev–Trinajstić information content (AvgIpc) is 3.19. The molecule has 0 bridgehead atoms. The number of thioether (sulfide) groups is 1. The number of imidazole rings is 1. The van der Waals surface area contributed by atoms with Crippen molar-refractivity contribution in [2.75, 3.05) is 29.9 Å². The molecule has 1 aromatic carbocycles. The van der Waals surface area contributed by atoms with Crippen LogP contribution in [0.3, 0.4) is 0 Å². The zero-order valence-electron chi connectivity index (χ0n) is 17.0. The molecule has 5 rings (SSSR count). The first-order valence-corrected chi connectivity index (χ1v) is 12.0. The van der Waals surface area contributed by atoms with Crippen molar-refractivity contribution in [1.82, 2.24) is 24.8 Å². The highest BCUT2D eigenvalue weighted by atomic mass is 32.2. The number of aliphatic hydroxyl groups excluding tert-OH is 1. The third-order valence-electron chi connectivity index (χ3n) is 5.95. The van der Waals surface area contributed by atoms with Crippen molar-refractivity contribution >= 4 is 28.7 Å². The fourth-order valence-electron chi connectivity index (χ4n) is 4.23. The SMILES string of the molecule is OC1CCC(Nc2nc(-c3ccccc3)nc3nc(CN4CCSCC4)[nH]c23)CC1. The molecule has 2 aromatic heterocycles. The van der Waals surface area contributed by atoms with E-state index in [1.165, 1.54) is 11.5 Å². The lowest BCUT2D eigenvalue weighted by atomic mass is 9.93. The van der Waals surface area contributed by atoms with Gasteiger partial charge in [0.05, 0.1) is 12.6 Å². The summed E-state index contributed by atoms with van der Waals surface area (Å²) in [4.78, 5) is 20.4. The lowest BCUT2D eigenvalue weighted by Crippen LogP contribution is -2.32. The smallest absolute Gasteiger partial charge is 0.183 e. The second-order valence-electron chi connectivity index (χ2n) is 8.18. The molecule has 0 unspecified atom stereocenters. The molecule has 158 valence electrons. The van der Waals surface area contributed by atoms with E-state index in [1.54, 1.807) is 0 Å². The van der Waals surface area contributed by atoms with E-state index in [0.717, 1.165) is 68.0 Å². The van der Waals surface area contributed by atoms with Crippen LogP contribution in [0.15, 0.2) is 30.3 Å². The van der Waals surface area contributed by atoms with Gasteiger partial charge < -0.3 is 15.4 Å². The molecule has 1 saturated heterocycles. The number of benzene rings is 1. The summed E-state index contributed by atoms with van der Waals surface area (Å²) in [6.07, 6.45) is 3.38. The minimum atomic E-state index is -0.171. The van der Waals surface area contributed by atoms with Crippen molar-refractivity contribution < 1.29 is 5.11 Å². The Hall–Kier alpha value is -2.16. The third-order valence-corrected chi connectivity index (χ3v) is 6.89. The standard InChI is InChI=1S/C22H28N6OS/c29-17-8-6-16(7-9-17)23-21-19-22(27-20(26-21)15-4-2-1-3-5-15)25-18(24-19)14-28-10-12-30-13-11-28/h1-5,16-17,29H,6-14H2,(H2,23,24,25,26,27). The maximum Gasteiger partial charge on any atom is 0.183 e. The van der Waals surface area contributed by atoms with Crippen LogP contribution in [-0.4, -0.2) is 66.7 Å². The number of H-pyrrole nitrogens is 1. The summed E-state index contributed by atoms with van der Waals surface area (Å²) < 4.78 is 0. The molecular formula is C22H28N6OS. The Morgan fingerprint density at radius 2 is 1.80 bits per heavy atom. The van der Waals surface area contributed by atoms with Crippen LogP contribution in [0.5, 0.6) is 0 Å². The summed E-state index contributed by atoms with van der Waals surface area (Å²) in [7, 11) is 0. The fourth-order valence-corrected chi connectivity index (χ4v) is 5.20. The minimum Gasteiger partial charge on any atom is -0.393 e. The van der Waals surface area contributed by atoms with Gasteiger partial charge in [-0.3, -0.25) is 4.90 Å². The van der Waals surface area contributed by atoms with Crippen LogP contribution in [0.4, 0.5) is 5.82 Å². The van der Waals surface area contributed by atoms with Gasteiger partial charge in [-0.05, 0) is 25.7 Å². The predicted molar refractivity (Wildman–Crippen MR) is 122 cm³/mol. The molecule has 0 radical (unpaired) electrons. The highest BCUT2D eigenvalue weighted by Gasteiger charge is 2.22. The number of nitrogens with zero attached hydrogens (tertiary/aromatic N) is 4. The van der Waals surface area contributed by atoms with Crippen molar-refractivity contribution in [2.45, 2.75) is 44.4 Å². The largest absolute Gasteiger partial charge is 0.393 e.